The molecule has 7 heteroatoms. The minimum Gasteiger partial charge on any atom is -0.332 e. The molecule has 1 aromatic rings. The second-order valence-electron chi connectivity index (χ2n) is 2.08. The van der Waals surface area contributed by atoms with Crippen LogP contribution in [-0.2, 0) is 6.42 Å². The van der Waals surface area contributed by atoms with E-state index in [4.69, 9.17) is 58.0 Å². The largest absolute Gasteiger partial charge is 0.332 e. The second kappa shape index (κ2) is 3.81. The van der Waals surface area contributed by atoms with Crippen LogP contribution in [0.3, 0.4) is 0 Å². The van der Waals surface area contributed by atoms with Crippen LogP contribution in [0.5, 0.6) is 0 Å². The molecule has 1 aromatic heterocycles. The van der Waals surface area contributed by atoms with E-state index in [9.17, 15) is 0 Å². The summed E-state index contributed by atoms with van der Waals surface area (Å²) in [6.45, 7) is 0. The zero-order valence-corrected chi connectivity index (χ0v) is 9.32. The number of H-pyrrole nitrogens is 1. The van der Waals surface area contributed by atoms with Crippen LogP contribution < -0.4 is 0 Å². The highest BCUT2D eigenvalue weighted by atomic mass is 35.6. The summed E-state index contributed by atoms with van der Waals surface area (Å²) in [5.74, 6) is 0.449. The lowest BCUT2D eigenvalue weighted by Crippen LogP contribution is -2.07. The highest BCUT2D eigenvalue weighted by molar-refractivity contribution is 6.67. The van der Waals surface area contributed by atoms with Crippen molar-refractivity contribution in [1.82, 2.24) is 9.97 Å². The second-order valence-corrected chi connectivity index (χ2v) is 5.33. The van der Waals surface area contributed by atoms with Crippen LogP contribution in [0.15, 0.2) is 0 Å². The van der Waals surface area contributed by atoms with E-state index in [2.05, 4.69) is 9.97 Å². The number of imidazole rings is 1. The number of hydrogen-bond acceptors (Lipinski definition) is 1. The van der Waals surface area contributed by atoms with Crippen LogP contribution in [-0.4, -0.2) is 13.8 Å². The van der Waals surface area contributed by atoms with Crippen molar-refractivity contribution in [3.63, 3.8) is 0 Å². The van der Waals surface area contributed by atoms with Crippen LogP contribution in [0.4, 0.5) is 0 Å². The summed E-state index contributed by atoms with van der Waals surface area (Å²) in [6.07, 6.45) is 0.143. The van der Waals surface area contributed by atoms with Gasteiger partial charge in [0.05, 0.1) is 6.42 Å². The molecule has 0 saturated heterocycles. The Bertz CT molecular complexity index is 256. The normalized spacial score (nSPS) is 12.1. The molecule has 0 spiro atoms. The van der Waals surface area contributed by atoms with Crippen molar-refractivity contribution in [2.75, 3.05) is 0 Å². The Morgan fingerprint density at radius 1 is 1.25 bits per heavy atom. The SMILES string of the molecule is Clc1nc(CC(Cl)(Cl)Cl)[nH]c1Cl. The molecule has 0 aliphatic carbocycles. The van der Waals surface area contributed by atoms with E-state index in [1.165, 1.54) is 0 Å². The third-order valence-electron chi connectivity index (χ3n) is 1.04. The Kier molecular flexibility index (Phi) is 3.41. The molecular weight excluding hydrogens is 265 g/mol. The van der Waals surface area contributed by atoms with Gasteiger partial charge in [-0.3, -0.25) is 0 Å². The predicted octanol–water partition coefficient (Wildman–Crippen LogP) is 3.63. The van der Waals surface area contributed by atoms with E-state index in [0.717, 1.165) is 0 Å². The molecule has 0 aliphatic heterocycles. The molecule has 1 heterocycles. The summed E-state index contributed by atoms with van der Waals surface area (Å²) in [4.78, 5) is 6.49. The van der Waals surface area contributed by atoms with Gasteiger partial charge < -0.3 is 4.98 Å². The van der Waals surface area contributed by atoms with E-state index in [0.29, 0.717) is 5.82 Å². The number of rotatable bonds is 1. The number of nitrogens with zero attached hydrogens (tertiary/aromatic N) is 1. The average molecular weight is 268 g/mol. The number of halogens is 5. The van der Waals surface area contributed by atoms with Gasteiger partial charge in [0.25, 0.3) is 0 Å². The molecule has 0 aromatic carbocycles. The van der Waals surface area contributed by atoms with Crippen LogP contribution in [0, 0.1) is 0 Å². The Hall–Kier alpha value is 0.660. The van der Waals surface area contributed by atoms with Gasteiger partial charge in [0.2, 0.25) is 0 Å². The van der Waals surface area contributed by atoms with Crippen molar-refractivity contribution in [1.29, 1.82) is 0 Å². The first kappa shape index (κ1) is 10.7. The summed E-state index contributed by atoms with van der Waals surface area (Å²) in [5, 5.41) is 0.432. The topological polar surface area (TPSA) is 28.7 Å². The molecule has 0 fully saturated rings. The van der Waals surface area contributed by atoms with Gasteiger partial charge in [-0.2, -0.15) is 0 Å². The lowest BCUT2D eigenvalue weighted by molar-refractivity contribution is 0.920. The lowest BCUT2D eigenvalue weighted by Gasteiger charge is -2.06. The highest BCUT2D eigenvalue weighted by Gasteiger charge is 2.22. The summed E-state index contributed by atoms with van der Waals surface area (Å²) in [7, 11) is 0. The predicted molar refractivity (Wildman–Crippen MR) is 52.6 cm³/mol. The molecule has 0 radical (unpaired) electrons. The quantitative estimate of drug-likeness (QED) is 0.774. The van der Waals surface area contributed by atoms with E-state index < -0.39 is 3.79 Å². The molecule has 12 heavy (non-hydrogen) atoms. The van der Waals surface area contributed by atoms with Crippen molar-refractivity contribution in [2.45, 2.75) is 10.2 Å². The van der Waals surface area contributed by atoms with Crippen molar-refractivity contribution in [2.24, 2.45) is 0 Å². The van der Waals surface area contributed by atoms with Gasteiger partial charge in [0.15, 0.2) is 8.95 Å². The van der Waals surface area contributed by atoms with Crippen LogP contribution in [0.2, 0.25) is 10.3 Å². The van der Waals surface area contributed by atoms with Crippen molar-refractivity contribution in [3.8, 4) is 0 Å². The number of aromatic nitrogens is 2. The van der Waals surface area contributed by atoms with Crippen LogP contribution in [0.25, 0.3) is 0 Å². The smallest absolute Gasteiger partial charge is 0.197 e. The molecule has 1 rings (SSSR count). The maximum atomic E-state index is 5.58. The highest BCUT2D eigenvalue weighted by Crippen LogP contribution is 2.30. The lowest BCUT2D eigenvalue weighted by atomic mass is 10.5. The first-order valence-corrected chi connectivity index (χ1v) is 4.74. The first-order valence-electron chi connectivity index (χ1n) is 2.85. The van der Waals surface area contributed by atoms with Gasteiger partial charge in [-0.05, 0) is 0 Å². The van der Waals surface area contributed by atoms with Gasteiger partial charge >= 0.3 is 0 Å². The number of alkyl halides is 3. The zero-order valence-electron chi connectivity index (χ0n) is 5.54. The molecule has 0 atom stereocenters. The fourth-order valence-corrected chi connectivity index (χ4v) is 1.33. The molecule has 68 valence electrons. The maximum absolute atomic E-state index is 5.58. The van der Waals surface area contributed by atoms with Gasteiger partial charge in [0.1, 0.15) is 11.0 Å². The molecule has 0 bridgehead atoms. The average Bonchev–Trinajstić information content (AvgIpc) is 2.07. The summed E-state index contributed by atoms with van der Waals surface area (Å²) >= 11 is 27.7. The van der Waals surface area contributed by atoms with E-state index >= 15 is 0 Å². The third kappa shape index (κ3) is 3.19. The molecule has 0 saturated carbocycles. The van der Waals surface area contributed by atoms with E-state index in [-0.39, 0.29) is 16.7 Å². The zero-order chi connectivity index (χ0) is 9.35. The number of aromatic amines is 1. The third-order valence-corrected chi connectivity index (χ3v) is 2.08. The molecular formula is C5H3Cl5N2. The standard InChI is InChI=1S/C5H3Cl5N2/c6-3-4(7)12-2(11-3)1-5(8,9)10/h1H2,(H,11,12). The van der Waals surface area contributed by atoms with Crippen LogP contribution in [0.1, 0.15) is 5.82 Å². The minimum atomic E-state index is -1.38. The Morgan fingerprint density at radius 2 is 1.83 bits per heavy atom. The fourth-order valence-electron chi connectivity index (χ4n) is 0.647. The molecule has 1 N–H and O–H groups in total. The Balaban J connectivity index is 2.77. The number of nitrogens with one attached hydrogen (secondary N) is 1. The van der Waals surface area contributed by atoms with E-state index in [1.54, 1.807) is 0 Å². The summed E-state index contributed by atoms with van der Waals surface area (Å²) in [6, 6.07) is 0. The minimum absolute atomic E-state index is 0.143. The molecule has 0 amide bonds. The maximum Gasteiger partial charge on any atom is 0.197 e. The van der Waals surface area contributed by atoms with Gasteiger partial charge in [-0.25, -0.2) is 4.98 Å². The number of hydrogen-bond donors (Lipinski definition) is 1. The van der Waals surface area contributed by atoms with E-state index in [1.807, 2.05) is 0 Å². The molecule has 2 nitrogen and oxygen atoms in total. The van der Waals surface area contributed by atoms with Gasteiger partial charge in [-0.15, -0.1) is 0 Å². The van der Waals surface area contributed by atoms with Crippen molar-refractivity contribution >= 4 is 58.0 Å². The summed E-state index contributed by atoms with van der Waals surface area (Å²) in [5.41, 5.74) is 0. The first-order chi connectivity index (χ1) is 5.38. The van der Waals surface area contributed by atoms with Gasteiger partial charge in [0, 0.05) is 0 Å². The summed E-state index contributed by atoms with van der Waals surface area (Å²) < 4.78 is -1.38. The van der Waals surface area contributed by atoms with Gasteiger partial charge in [-0.1, -0.05) is 58.0 Å². The molecule has 0 aliphatic rings. The Morgan fingerprint density at radius 3 is 2.17 bits per heavy atom. The fraction of sp³-hybridized carbons (Fsp3) is 0.400. The van der Waals surface area contributed by atoms with Crippen molar-refractivity contribution < 1.29 is 0 Å². The monoisotopic (exact) mass is 266 g/mol. The molecule has 0 unspecified atom stereocenters. The van der Waals surface area contributed by atoms with Crippen LogP contribution >= 0.6 is 58.0 Å². The Labute approximate surface area is 94.1 Å². The van der Waals surface area contributed by atoms with Crippen molar-refractivity contribution in [3.05, 3.63) is 16.1 Å².